The summed E-state index contributed by atoms with van der Waals surface area (Å²) in [6.07, 6.45) is 3.88. The fourth-order valence-corrected chi connectivity index (χ4v) is 0.820. The van der Waals surface area contributed by atoms with Crippen LogP contribution in [0.15, 0.2) is 10.2 Å². The fourth-order valence-electron chi connectivity index (χ4n) is 0.820. The number of hydrogen-bond acceptors (Lipinski definition) is 3. The first-order valence-corrected chi connectivity index (χ1v) is 4.49. The normalized spacial score (nSPS) is 13.4. The van der Waals surface area contributed by atoms with Gasteiger partial charge in [0.15, 0.2) is 0 Å². The molecular formula is C8H19N5. The molecule has 0 fully saturated rings. The van der Waals surface area contributed by atoms with Gasteiger partial charge in [-0.3, -0.25) is 0 Å². The number of nitrogens with two attached hydrogens (primary N) is 3. The summed E-state index contributed by atoms with van der Waals surface area (Å²) in [6.45, 7) is 2.41. The van der Waals surface area contributed by atoms with Crippen LogP contribution in [0.3, 0.4) is 0 Å². The Bertz CT molecular complexity index is 181. The van der Waals surface area contributed by atoms with Crippen molar-refractivity contribution in [3.8, 4) is 0 Å². The zero-order valence-electron chi connectivity index (χ0n) is 8.16. The molecule has 0 rings (SSSR count). The molecule has 5 nitrogen and oxygen atoms in total. The molecule has 0 saturated heterocycles. The van der Waals surface area contributed by atoms with Gasteiger partial charge in [0.1, 0.15) is 11.7 Å². The van der Waals surface area contributed by atoms with Crippen LogP contribution in [0.1, 0.15) is 32.6 Å². The number of unbranched alkanes of at least 4 members (excludes halogenated alkanes) is 2. The molecule has 0 aliphatic rings. The van der Waals surface area contributed by atoms with Crippen molar-refractivity contribution >= 4 is 11.7 Å². The predicted molar refractivity (Wildman–Crippen MR) is 56.4 cm³/mol. The first kappa shape index (κ1) is 11.9. The highest BCUT2D eigenvalue weighted by atomic mass is 15.2. The lowest BCUT2D eigenvalue weighted by atomic mass is 10.2. The van der Waals surface area contributed by atoms with Crippen molar-refractivity contribution in [3.05, 3.63) is 0 Å². The molecule has 0 bridgehead atoms. The van der Waals surface area contributed by atoms with Crippen molar-refractivity contribution in [1.82, 2.24) is 0 Å². The standard InChI is InChI=1S/C8H19N5/c1-7(10)12-13-8(11)5-3-2-4-6-9/h2-6,9H2,1H3,(H2,10,12)(H2,11,13). The van der Waals surface area contributed by atoms with E-state index in [0.717, 1.165) is 32.2 Å². The van der Waals surface area contributed by atoms with Crippen LogP contribution in [0, 0.1) is 0 Å². The Hall–Kier alpha value is -1.10. The molecule has 0 aromatic rings. The monoisotopic (exact) mass is 185 g/mol. The van der Waals surface area contributed by atoms with Gasteiger partial charge in [-0.05, 0) is 26.3 Å². The van der Waals surface area contributed by atoms with E-state index in [4.69, 9.17) is 17.2 Å². The first-order chi connectivity index (χ1) is 6.16. The van der Waals surface area contributed by atoms with E-state index in [1.54, 1.807) is 6.92 Å². The zero-order chi connectivity index (χ0) is 10.1. The molecule has 5 heteroatoms. The van der Waals surface area contributed by atoms with Crippen molar-refractivity contribution < 1.29 is 0 Å². The molecule has 0 unspecified atom stereocenters. The average Bonchev–Trinajstić information content (AvgIpc) is 2.09. The van der Waals surface area contributed by atoms with E-state index in [1.165, 1.54) is 0 Å². The van der Waals surface area contributed by atoms with Gasteiger partial charge in [-0.25, -0.2) is 0 Å². The van der Waals surface area contributed by atoms with Gasteiger partial charge >= 0.3 is 0 Å². The second-order valence-electron chi connectivity index (χ2n) is 2.93. The summed E-state index contributed by atoms with van der Waals surface area (Å²) >= 11 is 0. The van der Waals surface area contributed by atoms with Crippen LogP contribution >= 0.6 is 0 Å². The third-order valence-corrected chi connectivity index (χ3v) is 1.47. The van der Waals surface area contributed by atoms with Gasteiger partial charge in [0.2, 0.25) is 0 Å². The summed E-state index contributed by atoms with van der Waals surface area (Å²) in [7, 11) is 0. The Morgan fingerprint density at radius 1 is 1.08 bits per heavy atom. The number of amidine groups is 2. The fraction of sp³-hybridized carbons (Fsp3) is 0.750. The highest BCUT2D eigenvalue weighted by molar-refractivity contribution is 5.82. The molecule has 0 amide bonds. The summed E-state index contributed by atoms with van der Waals surface area (Å²) in [6, 6.07) is 0. The molecule has 13 heavy (non-hydrogen) atoms. The van der Waals surface area contributed by atoms with Crippen LogP contribution in [0.5, 0.6) is 0 Å². The van der Waals surface area contributed by atoms with Crippen LogP contribution < -0.4 is 17.2 Å². The lowest BCUT2D eigenvalue weighted by Gasteiger charge is -1.97. The average molecular weight is 185 g/mol. The van der Waals surface area contributed by atoms with Gasteiger partial charge in [-0.15, -0.1) is 10.2 Å². The minimum Gasteiger partial charge on any atom is -0.386 e. The maximum Gasteiger partial charge on any atom is 0.122 e. The van der Waals surface area contributed by atoms with E-state index in [1.807, 2.05) is 0 Å². The molecule has 0 radical (unpaired) electrons. The molecule has 0 saturated carbocycles. The highest BCUT2D eigenvalue weighted by Crippen LogP contribution is 1.98. The lowest BCUT2D eigenvalue weighted by molar-refractivity contribution is 0.703. The largest absolute Gasteiger partial charge is 0.386 e. The van der Waals surface area contributed by atoms with E-state index in [2.05, 4.69) is 10.2 Å². The van der Waals surface area contributed by atoms with E-state index in [-0.39, 0.29) is 0 Å². The van der Waals surface area contributed by atoms with Crippen LogP contribution in [0.25, 0.3) is 0 Å². The van der Waals surface area contributed by atoms with Gasteiger partial charge < -0.3 is 17.2 Å². The zero-order valence-corrected chi connectivity index (χ0v) is 8.16. The minimum absolute atomic E-state index is 0.421. The van der Waals surface area contributed by atoms with Crippen molar-refractivity contribution in [3.63, 3.8) is 0 Å². The summed E-state index contributed by atoms with van der Waals surface area (Å²) in [4.78, 5) is 0. The minimum atomic E-state index is 0.421. The number of rotatable bonds is 6. The third-order valence-electron chi connectivity index (χ3n) is 1.47. The molecule has 6 N–H and O–H groups in total. The maximum absolute atomic E-state index is 5.56. The summed E-state index contributed by atoms with van der Waals surface area (Å²) < 4.78 is 0. The number of nitrogens with zero attached hydrogens (tertiary/aromatic N) is 2. The predicted octanol–water partition coefficient (Wildman–Crippen LogP) is 0.155. The van der Waals surface area contributed by atoms with Gasteiger partial charge in [-0.1, -0.05) is 6.42 Å². The van der Waals surface area contributed by atoms with Gasteiger partial charge in [0, 0.05) is 6.42 Å². The van der Waals surface area contributed by atoms with Crippen LogP contribution in [0.4, 0.5) is 0 Å². The maximum atomic E-state index is 5.56. The van der Waals surface area contributed by atoms with E-state index >= 15 is 0 Å². The van der Waals surface area contributed by atoms with Crippen LogP contribution in [0.2, 0.25) is 0 Å². The van der Waals surface area contributed by atoms with Gasteiger partial charge in [0.25, 0.3) is 0 Å². The van der Waals surface area contributed by atoms with E-state index < -0.39 is 0 Å². The Balaban J connectivity index is 3.55. The Kier molecular flexibility index (Phi) is 6.91. The first-order valence-electron chi connectivity index (χ1n) is 4.49. The topological polar surface area (TPSA) is 103 Å². The Morgan fingerprint density at radius 3 is 2.31 bits per heavy atom. The molecule has 0 aromatic heterocycles. The smallest absolute Gasteiger partial charge is 0.122 e. The molecule has 0 spiro atoms. The molecular weight excluding hydrogens is 166 g/mol. The second kappa shape index (κ2) is 7.54. The molecule has 0 aliphatic carbocycles. The molecule has 0 aromatic carbocycles. The van der Waals surface area contributed by atoms with Gasteiger partial charge in [0.05, 0.1) is 0 Å². The Morgan fingerprint density at radius 2 is 1.77 bits per heavy atom. The van der Waals surface area contributed by atoms with Crippen molar-refractivity contribution in [2.24, 2.45) is 27.4 Å². The second-order valence-corrected chi connectivity index (χ2v) is 2.93. The van der Waals surface area contributed by atoms with E-state index in [9.17, 15) is 0 Å². The van der Waals surface area contributed by atoms with E-state index in [0.29, 0.717) is 11.7 Å². The third kappa shape index (κ3) is 8.81. The summed E-state index contributed by atoms with van der Waals surface area (Å²) in [5.41, 5.74) is 16.2. The van der Waals surface area contributed by atoms with Crippen molar-refractivity contribution in [2.75, 3.05) is 6.54 Å². The molecule has 76 valence electrons. The van der Waals surface area contributed by atoms with Crippen molar-refractivity contribution in [1.29, 1.82) is 0 Å². The Labute approximate surface area is 79.1 Å². The molecule has 0 atom stereocenters. The molecule has 0 aliphatic heterocycles. The lowest BCUT2D eigenvalue weighted by Crippen LogP contribution is -2.12. The molecule has 0 heterocycles. The summed E-state index contributed by atoms with van der Waals surface area (Å²) in [5, 5.41) is 7.40. The SMILES string of the molecule is C/C(N)=N/N=C(\N)CCCCCN. The quantitative estimate of drug-likeness (QED) is 0.237. The highest BCUT2D eigenvalue weighted by Gasteiger charge is 1.92. The number of hydrogen-bond donors (Lipinski definition) is 3. The van der Waals surface area contributed by atoms with Gasteiger partial charge in [-0.2, -0.15) is 0 Å². The summed E-state index contributed by atoms with van der Waals surface area (Å²) in [5.74, 6) is 0.951. The van der Waals surface area contributed by atoms with Crippen LogP contribution in [-0.2, 0) is 0 Å². The van der Waals surface area contributed by atoms with Crippen LogP contribution in [-0.4, -0.2) is 18.2 Å². The van der Waals surface area contributed by atoms with Crippen molar-refractivity contribution in [2.45, 2.75) is 32.6 Å².